The van der Waals surface area contributed by atoms with E-state index in [1.54, 1.807) is 36.4 Å². The van der Waals surface area contributed by atoms with Gasteiger partial charge in [-0.1, -0.05) is 34.1 Å². The number of carbonyl (C=O) groups excluding carboxylic acids is 2. The summed E-state index contributed by atoms with van der Waals surface area (Å²) in [5.74, 6) is -1.28. The molecule has 1 aliphatic heterocycles. The van der Waals surface area contributed by atoms with Crippen LogP contribution in [0.3, 0.4) is 0 Å². The first-order chi connectivity index (χ1) is 15.4. The third kappa shape index (κ3) is 4.14. The van der Waals surface area contributed by atoms with E-state index in [1.165, 1.54) is 13.2 Å². The summed E-state index contributed by atoms with van der Waals surface area (Å²) < 4.78 is 31.4. The molecule has 0 unspecified atom stereocenters. The molecule has 0 saturated carbocycles. The van der Waals surface area contributed by atoms with Gasteiger partial charge in [0.15, 0.2) is 5.78 Å². The van der Waals surface area contributed by atoms with E-state index in [2.05, 4.69) is 15.9 Å². The number of carbonyl (C=O) groups is 2. The number of Topliss-reactive ketones (excluding diaryl/α,β-unsaturated/α-hetero) is 1. The molecule has 2 aromatic carbocycles. The minimum Gasteiger partial charge on any atom is -0.488 e. The average molecular weight is 502 g/mol. The van der Waals surface area contributed by atoms with E-state index in [-0.39, 0.29) is 29.7 Å². The van der Waals surface area contributed by atoms with Gasteiger partial charge in [0.1, 0.15) is 29.5 Å². The predicted molar refractivity (Wildman–Crippen MR) is 118 cm³/mol. The molecule has 32 heavy (non-hydrogen) atoms. The fourth-order valence-electron chi connectivity index (χ4n) is 4.02. The number of nitrogens with two attached hydrogens (primary N) is 1. The highest BCUT2D eigenvalue weighted by atomic mass is 79.9. The van der Waals surface area contributed by atoms with Gasteiger partial charge in [0.2, 0.25) is 5.88 Å². The normalized spacial score (nSPS) is 18.2. The molecule has 0 amide bonds. The first-order valence-electron chi connectivity index (χ1n) is 10.1. The number of halogens is 2. The second-order valence-corrected chi connectivity index (χ2v) is 8.40. The molecule has 0 saturated heterocycles. The number of esters is 1. The van der Waals surface area contributed by atoms with Gasteiger partial charge in [0, 0.05) is 34.0 Å². The maximum Gasteiger partial charge on any atom is 0.340 e. The minimum absolute atomic E-state index is 0.0306. The molecule has 2 N–H and O–H groups in total. The zero-order valence-electron chi connectivity index (χ0n) is 17.3. The lowest BCUT2D eigenvalue weighted by Crippen LogP contribution is -2.31. The van der Waals surface area contributed by atoms with Crippen LogP contribution < -0.4 is 10.5 Å². The van der Waals surface area contributed by atoms with Crippen LogP contribution in [0.2, 0.25) is 0 Å². The number of benzene rings is 2. The molecule has 1 heterocycles. The molecule has 0 aromatic heterocycles. The van der Waals surface area contributed by atoms with Crippen LogP contribution in [0.15, 0.2) is 69.7 Å². The van der Waals surface area contributed by atoms with Crippen molar-refractivity contribution >= 4 is 27.7 Å². The monoisotopic (exact) mass is 501 g/mol. The van der Waals surface area contributed by atoms with Crippen LogP contribution in [0.4, 0.5) is 4.39 Å². The molecule has 1 atom stereocenters. The van der Waals surface area contributed by atoms with Crippen molar-refractivity contribution in [2.75, 3.05) is 7.11 Å². The van der Waals surface area contributed by atoms with E-state index in [0.717, 1.165) is 0 Å². The standard InChI is InChI=1S/C24H21BrFNO5/c1-30-24(29)22-20(21-17(28)7-4-8-19(21)32-23(22)27)15-11-14(25)9-10-18(15)31-12-13-5-2-3-6-16(13)26/h2-3,5-6,9-11,20H,4,7-8,12,27H2,1H3/t20-/m1/s1. The van der Waals surface area contributed by atoms with Gasteiger partial charge in [0.25, 0.3) is 0 Å². The summed E-state index contributed by atoms with van der Waals surface area (Å²) in [5, 5.41) is 0. The molecule has 8 heteroatoms. The molecule has 0 spiro atoms. The van der Waals surface area contributed by atoms with Crippen molar-refractivity contribution in [3.63, 3.8) is 0 Å². The van der Waals surface area contributed by atoms with E-state index in [1.807, 2.05) is 0 Å². The molecule has 0 fully saturated rings. The van der Waals surface area contributed by atoms with Crippen molar-refractivity contribution < 1.29 is 28.2 Å². The number of hydrogen-bond donors (Lipinski definition) is 1. The molecule has 0 radical (unpaired) electrons. The Morgan fingerprint density at radius 3 is 2.78 bits per heavy atom. The van der Waals surface area contributed by atoms with Crippen LogP contribution in [0.5, 0.6) is 5.75 Å². The van der Waals surface area contributed by atoms with Gasteiger partial charge in [-0.3, -0.25) is 4.79 Å². The van der Waals surface area contributed by atoms with Gasteiger partial charge in [-0.15, -0.1) is 0 Å². The third-order valence-corrected chi connectivity index (χ3v) is 6.01. The zero-order valence-corrected chi connectivity index (χ0v) is 18.9. The Morgan fingerprint density at radius 2 is 2.03 bits per heavy atom. The van der Waals surface area contributed by atoms with Crippen LogP contribution in [-0.2, 0) is 25.7 Å². The molecule has 166 valence electrons. The van der Waals surface area contributed by atoms with Crippen LogP contribution in [0, 0.1) is 5.82 Å². The molecule has 4 rings (SSSR count). The van der Waals surface area contributed by atoms with Crippen molar-refractivity contribution in [2.24, 2.45) is 5.73 Å². The molecule has 6 nitrogen and oxygen atoms in total. The van der Waals surface area contributed by atoms with Crippen molar-refractivity contribution in [1.29, 1.82) is 0 Å². The maximum absolute atomic E-state index is 14.1. The fourth-order valence-corrected chi connectivity index (χ4v) is 4.40. The number of methoxy groups -OCH3 is 1. The van der Waals surface area contributed by atoms with Crippen LogP contribution >= 0.6 is 15.9 Å². The van der Waals surface area contributed by atoms with Crippen molar-refractivity contribution in [1.82, 2.24) is 0 Å². The summed E-state index contributed by atoms with van der Waals surface area (Å²) >= 11 is 3.45. The minimum atomic E-state index is -0.827. The Bertz CT molecular complexity index is 1160. The molecular formula is C24H21BrFNO5. The molecule has 2 aromatic rings. The SMILES string of the molecule is COC(=O)C1=C(N)OC2=C(C(=O)CCC2)[C@H]1c1cc(Br)ccc1OCc1ccccc1F. The Kier molecular flexibility index (Phi) is 6.32. The summed E-state index contributed by atoms with van der Waals surface area (Å²) in [7, 11) is 1.24. The van der Waals surface area contributed by atoms with Crippen molar-refractivity contribution in [3.8, 4) is 5.75 Å². The van der Waals surface area contributed by atoms with E-state index >= 15 is 0 Å². The Balaban J connectivity index is 1.83. The molecule has 1 aliphatic carbocycles. The Labute approximate surface area is 193 Å². The van der Waals surface area contributed by atoms with Gasteiger partial charge in [-0.05, 0) is 30.7 Å². The van der Waals surface area contributed by atoms with Gasteiger partial charge in [0.05, 0.1) is 13.0 Å². The third-order valence-electron chi connectivity index (χ3n) is 5.51. The van der Waals surface area contributed by atoms with E-state index in [9.17, 15) is 14.0 Å². The molecular weight excluding hydrogens is 481 g/mol. The highest BCUT2D eigenvalue weighted by Crippen LogP contribution is 2.47. The number of allylic oxidation sites excluding steroid dienone is 2. The van der Waals surface area contributed by atoms with E-state index in [4.69, 9.17) is 19.9 Å². The van der Waals surface area contributed by atoms with Gasteiger partial charge in [-0.2, -0.15) is 0 Å². The summed E-state index contributed by atoms with van der Waals surface area (Å²) in [4.78, 5) is 25.6. The average Bonchev–Trinajstić information content (AvgIpc) is 2.78. The number of rotatable bonds is 5. The maximum atomic E-state index is 14.1. The number of ether oxygens (including phenoxy) is 3. The summed E-state index contributed by atoms with van der Waals surface area (Å²) in [6, 6.07) is 11.5. The number of ketones is 1. The van der Waals surface area contributed by atoms with E-state index in [0.29, 0.717) is 51.9 Å². The quantitative estimate of drug-likeness (QED) is 0.600. The largest absolute Gasteiger partial charge is 0.488 e. The summed E-state index contributed by atoms with van der Waals surface area (Å²) in [6.07, 6.45) is 1.51. The molecule has 0 bridgehead atoms. The predicted octanol–water partition coefficient (Wildman–Crippen LogP) is 4.63. The highest BCUT2D eigenvalue weighted by Gasteiger charge is 2.42. The van der Waals surface area contributed by atoms with Crippen LogP contribution in [0.1, 0.15) is 36.3 Å². The van der Waals surface area contributed by atoms with Crippen LogP contribution in [0.25, 0.3) is 0 Å². The van der Waals surface area contributed by atoms with Gasteiger partial charge in [-0.25, -0.2) is 9.18 Å². The smallest absolute Gasteiger partial charge is 0.340 e. The van der Waals surface area contributed by atoms with E-state index < -0.39 is 11.9 Å². The Hall–Kier alpha value is -3.13. The van der Waals surface area contributed by atoms with Crippen molar-refractivity contribution in [3.05, 3.63) is 86.7 Å². The summed E-state index contributed by atoms with van der Waals surface area (Å²) in [5.41, 5.74) is 7.44. The second-order valence-electron chi connectivity index (χ2n) is 7.48. The Morgan fingerprint density at radius 1 is 1.25 bits per heavy atom. The zero-order chi connectivity index (χ0) is 22.8. The first-order valence-corrected chi connectivity index (χ1v) is 10.9. The van der Waals surface area contributed by atoms with Gasteiger partial charge >= 0.3 is 5.97 Å². The lowest BCUT2D eigenvalue weighted by atomic mass is 9.77. The lowest BCUT2D eigenvalue weighted by molar-refractivity contribution is -0.136. The fraction of sp³-hybridized carbons (Fsp3) is 0.250. The van der Waals surface area contributed by atoms with Crippen LogP contribution in [-0.4, -0.2) is 18.9 Å². The van der Waals surface area contributed by atoms with Crippen molar-refractivity contribution in [2.45, 2.75) is 31.8 Å². The topological polar surface area (TPSA) is 87.9 Å². The second kappa shape index (κ2) is 9.16. The highest BCUT2D eigenvalue weighted by molar-refractivity contribution is 9.10. The lowest BCUT2D eigenvalue weighted by Gasteiger charge is -2.33. The number of hydrogen-bond acceptors (Lipinski definition) is 6. The molecule has 2 aliphatic rings. The summed E-state index contributed by atoms with van der Waals surface area (Å²) in [6.45, 7) is -0.0306. The first kappa shape index (κ1) is 22.1. The van der Waals surface area contributed by atoms with Gasteiger partial charge < -0.3 is 19.9 Å².